The van der Waals surface area contributed by atoms with Crippen LogP contribution in [0.1, 0.15) is 19.4 Å². The van der Waals surface area contributed by atoms with Crippen LogP contribution in [-0.4, -0.2) is 41.3 Å². The summed E-state index contributed by atoms with van der Waals surface area (Å²) in [6.07, 6.45) is 2.99. The third-order valence-corrected chi connectivity index (χ3v) is 4.12. The van der Waals surface area contributed by atoms with E-state index in [1.807, 2.05) is 18.3 Å². The lowest BCUT2D eigenvalue weighted by Crippen LogP contribution is -2.46. The summed E-state index contributed by atoms with van der Waals surface area (Å²) in [4.78, 5) is 3.23. The minimum absolute atomic E-state index is 0.374. The van der Waals surface area contributed by atoms with Crippen molar-refractivity contribution in [2.75, 3.05) is 20.6 Å². The van der Waals surface area contributed by atoms with Gasteiger partial charge in [-0.3, -0.25) is 0 Å². The number of fused-ring (bicyclic) bond motifs is 1. The molecule has 0 aliphatic carbocycles. The maximum absolute atomic E-state index is 9.95. The van der Waals surface area contributed by atoms with Gasteiger partial charge in [-0.15, -0.1) is 0 Å². The van der Waals surface area contributed by atoms with E-state index in [0.717, 1.165) is 28.4 Å². The number of rotatable bonds is 4. The van der Waals surface area contributed by atoms with Crippen LogP contribution in [-0.2, 0) is 6.42 Å². The average molecular weight is 247 g/mol. The molecule has 0 amide bonds. The van der Waals surface area contributed by atoms with Crippen LogP contribution in [0, 0.1) is 0 Å². The summed E-state index contributed by atoms with van der Waals surface area (Å²) in [6.45, 7) is 5.55. The first-order valence-electron chi connectivity index (χ1n) is 6.52. The highest BCUT2D eigenvalue weighted by atomic mass is 16.3. The van der Waals surface area contributed by atoms with Crippen LogP contribution in [0.2, 0.25) is 0 Å². The number of aromatic amines is 1. The van der Waals surface area contributed by atoms with E-state index >= 15 is 0 Å². The molecule has 0 radical (unpaired) electrons. The molecule has 0 spiro atoms. The van der Waals surface area contributed by atoms with Crippen LogP contribution >= 0.6 is 0 Å². The molecule has 18 heavy (non-hydrogen) atoms. The van der Waals surface area contributed by atoms with Crippen LogP contribution in [0.15, 0.2) is 24.4 Å². The van der Waals surface area contributed by atoms with E-state index in [1.54, 1.807) is 6.07 Å². The number of nitrogens with one attached hydrogen (secondary N) is 1. The predicted molar refractivity (Wildman–Crippen MR) is 75.8 cm³/mol. The normalized spacial score (nSPS) is 12.5. The van der Waals surface area contributed by atoms with Crippen molar-refractivity contribution in [1.29, 1.82) is 0 Å². The Hall–Kier alpha value is -1.48. The van der Waals surface area contributed by atoms with Gasteiger partial charge in [-0.05, 0) is 31.5 Å². The van der Waals surface area contributed by atoms with E-state index in [2.05, 4.69) is 32.9 Å². The van der Waals surface area contributed by atoms with Crippen molar-refractivity contribution in [2.45, 2.75) is 26.3 Å². The quantitative estimate of drug-likeness (QED) is 0.801. The van der Waals surface area contributed by atoms with Crippen molar-refractivity contribution < 1.29 is 9.59 Å². The topological polar surface area (TPSA) is 36.0 Å². The fourth-order valence-electron chi connectivity index (χ4n) is 2.10. The Kier molecular flexibility index (Phi) is 3.35. The van der Waals surface area contributed by atoms with Crippen LogP contribution in [0.25, 0.3) is 10.9 Å². The third-order valence-electron chi connectivity index (χ3n) is 4.12. The smallest absolute Gasteiger partial charge is 0.125 e. The summed E-state index contributed by atoms with van der Waals surface area (Å²) in [5.74, 6) is 0.374. The van der Waals surface area contributed by atoms with Crippen LogP contribution in [0.5, 0.6) is 5.75 Å². The van der Waals surface area contributed by atoms with Gasteiger partial charge in [0.15, 0.2) is 0 Å². The molecule has 0 fully saturated rings. The first-order valence-corrected chi connectivity index (χ1v) is 6.52. The average Bonchev–Trinajstić information content (AvgIpc) is 2.71. The number of hydrogen-bond donors (Lipinski definition) is 2. The van der Waals surface area contributed by atoms with Crippen molar-refractivity contribution in [3.63, 3.8) is 0 Å². The molecule has 0 saturated heterocycles. The molecule has 2 N–H and O–H groups in total. The number of phenols is 1. The van der Waals surface area contributed by atoms with Gasteiger partial charge in [0.05, 0.1) is 26.7 Å². The largest absolute Gasteiger partial charge is 0.507 e. The summed E-state index contributed by atoms with van der Waals surface area (Å²) in [6, 6.07) is 6.22. The number of aromatic nitrogens is 1. The monoisotopic (exact) mass is 247 g/mol. The van der Waals surface area contributed by atoms with Gasteiger partial charge in [0.25, 0.3) is 0 Å². The molecule has 1 aromatic carbocycles. The van der Waals surface area contributed by atoms with Gasteiger partial charge in [0.2, 0.25) is 0 Å². The maximum Gasteiger partial charge on any atom is 0.125 e. The summed E-state index contributed by atoms with van der Waals surface area (Å²) in [5, 5.41) is 10.9. The first-order chi connectivity index (χ1) is 8.42. The highest BCUT2D eigenvalue weighted by molar-refractivity contribution is 5.88. The van der Waals surface area contributed by atoms with Crippen molar-refractivity contribution in [3.05, 3.63) is 30.0 Å². The number of quaternary nitrogens is 1. The Bertz CT molecular complexity index is 540. The summed E-state index contributed by atoms with van der Waals surface area (Å²) in [7, 11) is 4.50. The lowest BCUT2D eigenvalue weighted by atomic mass is 10.1. The van der Waals surface area contributed by atoms with Gasteiger partial charge in [-0.25, -0.2) is 0 Å². The van der Waals surface area contributed by atoms with Gasteiger partial charge >= 0.3 is 0 Å². The molecule has 0 aliphatic heterocycles. The fraction of sp³-hybridized carbons (Fsp3) is 0.467. The molecule has 0 unspecified atom stereocenters. The van der Waals surface area contributed by atoms with Crippen molar-refractivity contribution in [3.8, 4) is 5.75 Å². The molecule has 98 valence electrons. The maximum atomic E-state index is 9.95. The number of nitrogens with zero attached hydrogens (tertiary/aromatic N) is 1. The molecule has 1 aromatic heterocycles. The number of benzene rings is 1. The van der Waals surface area contributed by atoms with Crippen molar-refractivity contribution in [2.24, 2.45) is 0 Å². The summed E-state index contributed by atoms with van der Waals surface area (Å²) in [5.41, 5.74) is 2.22. The number of H-pyrrole nitrogens is 1. The molecule has 0 aliphatic rings. The standard InChI is InChI=1S/C15H22N2O/c1-11(2)17(3,4)9-8-12-10-16-13-6-5-7-14(18)15(12)13/h5-7,10-11,16H,8-9H2,1-4H3/p+1. The zero-order chi connectivity index (χ0) is 13.3. The van der Waals surface area contributed by atoms with E-state index in [1.165, 1.54) is 5.56 Å². The predicted octanol–water partition coefficient (Wildman–Crippen LogP) is 2.90. The second kappa shape index (κ2) is 4.65. The van der Waals surface area contributed by atoms with Gasteiger partial charge in [-0.1, -0.05) is 6.07 Å². The fourth-order valence-corrected chi connectivity index (χ4v) is 2.10. The van der Waals surface area contributed by atoms with Crippen molar-refractivity contribution in [1.82, 2.24) is 4.98 Å². The second-order valence-corrected chi connectivity index (χ2v) is 5.86. The lowest BCUT2D eigenvalue weighted by molar-refractivity contribution is -0.910. The van der Waals surface area contributed by atoms with E-state index in [-0.39, 0.29) is 0 Å². The Morgan fingerprint density at radius 1 is 1.28 bits per heavy atom. The number of hydrogen-bond acceptors (Lipinski definition) is 1. The lowest BCUT2D eigenvalue weighted by Gasteiger charge is -2.34. The Morgan fingerprint density at radius 3 is 2.67 bits per heavy atom. The zero-order valence-electron chi connectivity index (χ0n) is 11.7. The number of phenolic OH excluding ortho intramolecular Hbond substituents is 1. The highest BCUT2D eigenvalue weighted by Gasteiger charge is 2.20. The molecule has 0 bridgehead atoms. The number of likely N-dealkylation sites (N-methyl/N-ethyl adjacent to an activating group) is 1. The van der Waals surface area contributed by atoms with E-state index in [9.17, 15) is 5.11 Å². The Morgan fingerprint density at radius 2 is 2.00 bits per heavy atom. The summed E-state index contributed by atoms with van der Waals surface area (Å²) < 4.78 is 0.986. The second-order valence-electron chi connectivity index (χ2n) is 5.86. The van der Waals surface area contributed by atoms with Gasteiger partial charge in [0.1, 0.15) is 5.75 Å². The van der Waals surface area contributed by atoms with E-state index in [0.29, 0.717) is 11.8 Å². The molecule has 2 rings (SSSR count). The SMILES string of the molecule is CC(C)[N+](C)(C)CCc1c[nH]c2cccc(O)c12. The molecule has 2 aromatic rings. The Labute approximate surface area is 109 Å². The third kappa shape index (κ3) is 2.36. The van der Waals surface area contributed by atoms with E-state index in [4.69, 9.17) is 0 Å². The molecule has 3 nitrogen and oxygen atoms in total. The van der Waals surface area contributed by atoms with Crippen molar-refractivity contribution >= 4 is 10.9 Å². The van der Waals surface area contributed by atoms with Crippen LogP contribution < -0.4 is 0 Å². The van der Waals surface area contributed by atoms with Gasteiger partial charge in [-0.2, -0.15) is 0 Å². The van der Waals surface area contributed by atoms with Gasteiger partial charge in [0, 0.05) is 23.5 Å². The summed E-state index contributed by atoms with van der Waals surface area (Å²) >= 11 is 0. The highest BCUT2D eigenvalue weighted by Crippen LogP contribution is 2.28. The van der Waals surface area contributed by atoms with E-state index < -0.39 is 0 Å². The molecule has 0 atom stereocenters. The molecular weight excluding hydrogens is 224 g/mol. The van der Waals surface area contributed by atoms with Crippen LogP contribution in [0.3, 0.4) is 0 Å². The minimum atomic E-state index is 0.374. The first kappa shape index (κ1) is 13.0. The van der Waals surface area contributed by atoms with Crippen LogP contribution in [0.4, 0.5) is 0 Å². The zero-order valence-corrected chi connectivity index (χ0v) is 11.7. The van der Waals surface area contributed by atoms with Gasteiger partial charge < -0.3 is 14.6 Å². The Balaban J connectivity index is 2.23. The number of aromatic hydroxyl groups is 1. The molecule has 3 heteroatoms. The minimum Gasteiger partial charge on any atom is -0.507 e. The molecular formula is C15H23N2O+. The molecule has 1 heterocycles. The molecule has 0 saturated carbocycles.